The van der Waals surface area contributed by atoms with Gasteiger partial charge in [0.2, 0.25) is 0 Å². The fraction of sp³-hybridized carbons (Fsp3) is 0.588. The highest BCUT2D eigenvalue weighted by Crippen LogP contribution is 2.40. The monoisotopic (exact) mass is 274 g/mol. The fourth-order valence-corrected chi connectivity index (χ4v) is 3.55. The van der Waals surface area contributed by atoms with Crippen LogP contribution in [0.4, 0.5) is 0 Å². The summed E-state index contributed by atoms with van der Waals surface area (Å²) in [6.45, 7) is 8.92. The molecule has 0 radical (unpaired) electrons. The van der Waals surface area contributed by atoms with Gasteiger partial charge in [-0.3, -0.25) is 5.41 Å². The third-order valence-corrected chi connectivity index (χ3v) is 4.14. The molecule has 0 aromatic heterocycles. The Labute approximate surface area is 122 Å². The Balaban J connectivity index is 2.10. The molecule has 1 aromatic rings. The van der Waals surface area contributed by atoms with Crippen molar-refractivity contribution in [2.45, 2.75) is 53.1 Å². The van der Waals surface area contributed by atoms with Gasteiger partial charge in [0.05, 0.1) is 6.10 Å². The fourth-order valence-electron chi connectivity index (χ4n) is 3.55. The van der Waals surface area contributed by atoms with Gasteiger partial charge in [0.15, 0.2) is 0 Å². The Morgan fingerprint density at radius 3 is 2.60 bits per heavy atom. The summed E-state index contributed by atoms with van der Waals surface area (Å²) >= 11 is 0. The number of aryl methyl sites for hydroxylation is 1. The number of nitrogens with two attached hydrogens (primary N) is 1. The van der Waals surface area contributed by atoms with Crippen LogP contribution in [0.3, 0.4) is 0 Å². The van der Waals surface area contributed by atoms with E-state index >= 15 is 0 Å². The van der Waals surface area contributed by atoms with Gasteiger partial charge in [-0.2, -0.15) is 0 Å². The van der Waals surface area contributed by atoms with E-state index in [9.17, 15) is 0 Å². The third kappa shape index (κ3) is 3.53. The Morgan fingerprint density at radius 2 is 2.05 bits per heavy atom. The number of hydrogen-bond donors (Lipinski definition) is 2. The molecule has 1 aliphatic carbocycles. The average molecular weight is 274 g/mol. The van der Waals surface area contributed by atoms with Crippen LogP contribution in [-0.2, 0) is 0 Å². The minimum atomic E-state index is 0.112. The van der Waals surface area contributed by atoms with Crippen LogP contribution in [0.5, 0.6) is 5.75 Å². The van der Waals surface area contributed by atoms with Crippen molar-refractivity contribution in [1.82, 2.24) is 0 Å². The Bertz CT molecular complexity index is 508. The summed E-state index contributed by atoms with van der Waals surface area (Å²) in [7, 11) is 0. The highest BCUT2D eigenvalue weighted by atomic mass is 16.5. The smallest absolute Gasteiger partial charge is 0.123 e. The van der Waals surface area contributed by atoms with E-state index in [1.807, 2.05) is 25.1 Å². The van der Waals surface area contributed by atoms with E-state index in [0.29, 0.717) is 11.3 Å². The van der Waals surface area contributed by atoms with Crippen molar-refractivity contribution >= 4 is 5.84 Å². The Hall–Kier alpha value is -1.51. The minimum Gasteiger partial charge on any atom is -0.490 e. The zero-order valence-corrected chi connectivity index (χ0v) is 13.0. The van der Waals surface area contributed by atoms with E-state index in [1.54, 1.807) is 0 Å². The molecule has 0 heterocycles. The molecule has 20 heavy (non-hydrogen) atoms. The molecule has 2 atom stereocenters. The van der Waals surface area contributed by atoms with Crippen LogP contribution in [0.25, 0.3) is 0 Å². The van der Waals surface area contributed by atoms with Crippen molar-refractivity contribution in [3.05, 3.63) is 29.3 Å². The van der Waals surface area contributed by atoms with Crippen LogP contribution in [0.2, 0.25) is 0 Å². The van der Waals surface area contributed by atoms with Gasteiger partial charge < -0.3 is 10.5 Å². The van der Waals surface area contributed by atoms with E-state index < -0.39 is 0 Å². The van der Waals surface area contributed by atoms with Crippen LogP contribution in [0.1, 0.15) is 51.2 Å². The van der Waals surface area contributed by atoms with E-state index in [-0.39, 0.29) is 11.9 Å². The van der Waals surface area contributed by atoms with E-state index in [4.69, 9.17) is 15.9 Å². The maximum Gasteiger partial charge on any atom is 0.123 e. The summed E-state index contributed by atoms with van der Waals surface area (Å²) in [5.74, 6) is 1.71. The van der Waals surface area contributed by atoms with E-state index in [2.05, 4.69) is 20.8 Å². The number of benzene rings is 1. The molecular formula is C17H26N2O. The molecule has 1 saturated carbocycles. The van der Waals surface area contributed by atoms with Gasteiger partial charge in [-0.15, -0.1) is 0 Å². The van der Waals surface area contributed by atoms with Crippen LogP contribution < -0.4 is 10.5 Å². The summed E-state index contributed by atoms with van der Waals surface area (Å²) in [6, 6.07) is 5.80. The summed E-state index contributed by atoms with van der Waals surface area (Å²) in [5, 5.41) is 7.52. The molecule has 1 aromatic carbocycles. The third-order valence-electron chi connectivity index (χ3n) is 4.14. The number of hydrogen-bond acceptors (Lipinski definition) is 2. The highest BCUT2D eigenvalue weighted by molar-refractivity contribution is 5.96. The maximum atomic E-state index is 7.52. The lowest BCUT2D eigenvalue weighted by atomic mass is 9.71. The number of rotatable bonds is 3. The number of nitrogen functional groups attached to an aromatic ring is 1. The largest absolute Gasteiger partial charge is 0.490 e. The molecule has 3 N–H and O–H groups in total. The first-order valence-corrected chi connectivity index (χ1v) is 7.38. The van der Waals surface area contributed by atoms with Crippen LogP contribution >= 0.6 is 0 Å². The predicted octanol–water partition coefficient (Wildman–Crippen LogP) is 3.87. The topological polar surface area (TPSA) is 59.1 Å². The maximum absolute atomic E-state index is 7.52. The van der Waals surface area contributed by atoms with Gasteiger partial charge >= 0.3 is 0 Å². The van der Waals surface area contributed by atoms with Crippen molar-refractivity contribution in [3.63, 3.8) is 0 Å². The standard InChI is InChI=1S/C17H26N2O/c1-11-7-14(10-17(3,4)9-11)20-13-5-6-15(16(18)19)12(2)8-13/h5-6,8,11,14H,7,9-10H2,1-4H3,(H3,18,19). The molecule has 0 saturated heterocycles. The summed E-state index contributed by atoms with van der Waals surface area (Å²) < 4.78 is 6.17. The number of amidine groups is 1. The molecule has 1 aliphatic rings. The van der Waals surface area contributed by atoms with Gasteiger partial charge in [0, 0.05) is 5.56 Å². The quantitative estimate of drug-likeness (QED) is 0.649. The molecule has 0 amide bonds. The second-order valence-corrected chi connectivity index (χ2v) is 7.04. The van der Waals surface area contributed by atoms with Gasteiger partial charge in [0.1, 0.15) is 11.6 Å². The molecule has 0 bridgehead atoms. The summed E-state index contributed by atoms with van der Waals surface area (Å²) in [4.78, 5) is 0. The number of nitrogens with one attached hydrogen (secondary N) is 1. The molecule has 2 unspecified atom stereocenters. The molecule has 3 nitrogen and oxygen atoms in total. The average Bonchev–Trinajstić information content (AvgIpc) is 2.25. The van der Waals surface area contributed by atoms with Gasteiger partial charge in [-0.05, 0) is 61.3 Å². The normalized spacial score (nSPS) is 25.2. The van der Waals surface area contributed by atoms with Gasteiger partial charge in [0.25, 0.3) is 0 Å². The van der Waals surface area contributed by atoms with Crippen molar-refractivity contribution in [2.24, 2.45) is 17.1 Å². The molecule has 110 valence electrons. The molecule has 0 aliphatic heterocycles. The van der Waals surface area contributed by atoms with Crippen molar-refractivity contribution in [2.75, 3.05) is 0 Å². The van der Waals surface area contributed by atoms with Gasteiger partial charge in [-0.1, -0.05) is 20.8 Å². The molecule has 2 rings (SSSR count). The van der Waals surface area contributed by atoms with Gasteiger partial charge in [-0.25, -0.2) is 0 Å². The van der Waals surface area contributed by atoms with Crippen molar-refractivity contribution < 1.29 is 4.74 Å². The SMILES string of the molecule is Cc1cc(OC2CC(C)CC(C)(C)C2)ccc1C(=N)N. The molecular weight excluding hydrogens is 248 g/mol. The van der Waals surface area contributed by atoms with E-state index in [0.717, 1.165) is 29.7 Å². The molecule has 0 spiro atoms. The number of ether oxygens (including phenoxy) is 1. The highest BCUT2D eigenvalue weighted by Gasteiger charge is 2.33. The lowest BCUT2D eigenvalue weighted by molar-refractivity contribution is 0.0562. The predicted molar refractivity (Wildman–Crippen MR) is 83.4 cm³/mol. The first kappa shape index (κ1) is 14.9. The summed E-state index contributed by atoms with van der Waals surface area (Å²) in [6.07, 6.45) is 3.79. The second-order valence-electron chi connectivity index (χ2n) is 7.04. The lowest BCUT2D eigenvalue weighted by Crippen LogP contribution is -2.34. The van der Waals surface area contributed by atoms with E-state index in [1.165, 1.54) is 6.42 Å². The minimum absolute atomic E-state index is 0.112. The summed E-state index contributed by atoms with van der Waals surface area (Å²) in [5.41, 5.74) is 7.69. The first-order valence-electron chi connectivity index (χ1n) is 7.38. The Morgan fingerprint density at radius 1 is 1.35 bits per heavy atom. The molecule has 1 fully saturated rings. The lowest BCUT2D eigenvalue weighted by Gasteiger charge is -2.38. The Kier molecular flexibility index (Phi) is 4.07. The van der Waals surface area contributed by atoms with Crippen LogP contribution in [0.15, 0.2) is 18.2 Å². The van der Waals surface area contributed by atoms with Crippen molar-refractivity contribution in [3.8, 4) is 5.75 Å². The zero-order valence-electron chi connectivity index (χ0n) is 13.0. The van der Waals surface area contributed by atoms with Crippen molar-refractivity contribution in [1.29, 1.82) is 5.41 Å². The first-order chi connectivity index (χ1) is 9.27. The molecule has 3 heteroatoms. The van der Waals surface area contributed by atoms with Crippen LogP contribution in [-0.4, -0.2) is 11.9 Å². The second kappa shape index (κ2) is 5.47. The zero-order chi connectivity index (χ0) is 14.9. The van der Waals surface area contributed by atoms with Crippen LogP contribution in [0, 0.1) is 23.7 Å².